The van der Waals surface area contributed by atoms with Crippen LogP contribution in [0.25, 0.3) is 5.76 Å². The van der Waals surface area contributed by atoms with E-state index in [0.29, 0.717) is 19.3 Å². The third kappa shape index (κ3) is 8.67. The molecule has 4 atom stereocenters. The van der Waals surface area contributed by atoms with Crippen LogP contribution in [0.5, 0.6) is 11.5 Å². The Labute approximate surface area is 311 Å². The minimum absolute atomic E-state index is 0.0191. The number of fused-ring (bicyclic) bond motifs is 2. The van der Waals surface area contributed by atoms with Crippen LogP contribution >= 0.6 is 0 Å². The molecule has 282 valence electrons. The molecule has 7 nitrogen and oxygen atoms in total. The molecule has 0 radical (unpaired) electrons. The summed E-state index contributed by atoms with van der Waals surface area (Å²) in [4.78, 5) is 57.8. The van der Waals surface area contributed by atoms with Gasteiger partial charge in [-0.3, -0.25) is 19.2 Å². The summed E-state index contributed by atoms with van der Waals surface area (Å²) in [5.41, 5.74) is 0.943. The molecule has 2 N–H and O–H groups in total. The highest BCUT2D eigenvalue weighted by Gasteiger charge is 2.74. The zero-order valence-electron chi connectivity index (χ0n) is 33.3. The predicted molar refractivity (Wildman–Crippen MR) is 209 cm³/mol. The van der Waals surface area contributed by atoms with Gasteiger partial charge in [0.1, 0.15) is 16.7 Å². The van der Waals surface area contributed by atoms with Gasteiger partial charge in [0.25, 0.3) is 0 Å². The number of carbonyl (C=O) groups excluding carboxylic acids is 4. The lowest BCUT2D eigenvalue weighted by Gasteiger charge is -2.61. The molecule has 3 rings (SSSR count). The van der Waals surface area contributed by atoms with Crippen molar-refractivity contribution in [3.05, 3.63) is 87.6 Å². The number of aliphatic hydroxyl groups excluding tert-OH is 1. The zero-order chi connectivity index (χ0) is 39.2. The highest BCUT2D eigenvalue weighted by atomic mass is 16.5. The topological polar surface area (TPSA) is 118 Å². The van der Waals surface area contributed by atoms with Gasteiger partial charge >= 0.3 is 5.97 Å². The molecule has 52 heavy (non-hydrogen) atoms. The SMILES string of the molecule is CC(=O)Oc1cc(/C(O)=C2/C(=O)[C@]3(CC=C(C)C)C[C@@H](C/C=C(\C)CCC=C(C)C)[C@](C)(CCC=C(C)C)[C@](CC=C(C)C)(C2=O)C3=O)ccc1O. The van der Waals surface area contributed by atoms with Gasteiger partial charge in [-0.1, -0.05) is 65.2 Å². The number of hydrogen-bond acceptors (Lipinski definition) is 7. The first kappa shape index (κ1) is 42.2. The number of carbonyl (C=O) groups is 4. The smallest absolute Gasteiger partial charge is 0.308 e. The maximum atomic E-state index is 15.5. The first-order valence-corrected chi connectivity index (χ1v) is 18.5. The highest BCUT2D eigenvalue weighted by molar-refractivity contribution is 6.41. The summed E-state index contributed by atoms with van der Waals surface area (Å²) < 4.78 is 5.15. The van der Waals surface area contributed by atoms with Crippen molar-refractivity contribution >= 4 is 29.1 Å². The number of aliphatic hydroxyl groups is 1. The number of rotatable bonds is 14. The first-order chi connectivity index (χ1) is 24.2. The second-order valence-electron chi connectivity index (χ2n) is 16.2. The summed E-state index contributed by atoms with van der Waals surface area (Å²) >= 11 is 0. The average Bonchev–Trinajstić information content (AvgIpc) is 3.04. The van der Waals surface area contributed by atoms with Crippen molar-refractivity contribution in [2.75, 3.05) is 0 Å². The molecule has 0 unspecified atom stereocenters. The molecule has 2 bridgehead atoms. The summed E-state index contributed by atoms with van der Waals surface area (Å²) in [5.74, 6) is -3.79. The fourth-order valence-corrected chi connectivity index (χ4v) is 8.00. The van der Waals surface area contributed by atoms with E-state index < -0.39 is 45.1 Å². The van der Waals surface area contributed by atoms with Gasteiger partial charge in [0, 0.05) is 12.5 Å². The molecule has 0 spiro atoms. The Bertz CT molecular complexity index is 1760. The van der Waals surface area contributed by atoms with Gasteiger partial charge in [-0.15, -0.1) is 0 Å². The minimum Gasteiger partial charge on any atom is -0.506 e. The van der Waals surface area contributed by atoms with Gasteiger partial charge in [0.2, 0.25) is 0 Å². The average molecular weight is 713 g/mol. The molecular weight excluding hydrogens is 652 g/mol. The minimum atomic E-state index is -1.66. The Morgan fingerprint density at radius 3 is 1.96 bits per heavy atom. The van der Waals surface area contributed by atoms with E-state index in [1.165, 1.54) is 36.3 Å². The van der Waals surface area contributed by atoms with E-state index in [0.717, 1.165) is 29.6 Å². The van der Waals surface area contributed by atoms with Crippen LogP contribution in [-0.2, 0) is 19.2 Å². The van der Waals surface area contributed by atoms with Crippen molar-refractivity contribution in [2.45, 2.75) is 128 Å². The van der Waals surface area contributed by atoms with E-state index in [4.69, 9.17) is 4.74 Å². The lowest BCUT2D eigenvalue weighted by Crippen LogP contribution is -2.70. The van der Waals surface area contributed by atoms with Gasteiger partial charge in [0.15, 0.2) is 28.8 Å². The van der Waals surface area contributed by atoms with Gasteiger partial charge in [-0.2, -0.15) is 0 Å². The molecule has 2 fully saturated rings. The van der Waals surface area contributed by atoms with Crippen LogP contribution in [0.3, 0.4) is 0 Å². The van der Waals surface area contributed by atoms with E-state index in [1.54, 1.807) is 0 Å². The summed E-state index contributed by atoms with van der Waals surface area (Å²) in [6, 6.07) is 3.83. The molecule has 7 heteroatoms. The Morgan fingerprint density at radius 1 is 0.808 bits per heavy atom. The second-order valence-corrected chi connectivity index (χ2v) is 16.2. The maximum absolute atomic E-state index is 15.5. The fourth-order valence-electron chi connectivity index (χ4n) is 8.00. The fraction of sp³-hybridized carbons (Fsp3) is 0.511. The van der Waals surface area contributed by atoms with Crippen molar-refractivity contribution in [3.8, 4) is 11.5 Å². The van der Waals surface area contributed by atoms with Gasteiger partial charge < -0.3 is 14.9 Å². The first-order valence-electron chi connectivity index (χ1n) is 18.5. The molecule has 1 aromatic rings. The molecule has 2 saturated carbocycles. The van der Waals surface area contributed by atoms with E-state index in [-0.39, 0.29) is 48.0 Å². The van der Waals surface area contributed by atoms with Gasteiger partial charge in [0.05, 0.1) is 5.41 Å². The zero-order valence-corrected chi connectivity index (χ0v) is 33.3. The van der Waals surface area contributed by atoms with Crippen molar-refractivity contribution < 1.29 is 34.1 Å². The largest absolute Gasteiger partial charge is 0.506 e. The molecule has 1 aromatic carbocycles. The number of hydrogen-bond donors (Lipinski definition) is 2. The van der Waals surface area contributed by atoms with Crippen molar-refractivity contribution in [1.82, 2.24) is 0 Å². The van der Waals surface area contributed by atoms with Crippen LogP contribution < -0.4 is 4.74 Å². The number of phenols is 1. The summed E-state index contributed by atoms with van der Waals surface area (Å²) in [6.45, 7) is 21.3. The normalized spacial score (nSPS) is 25.2. The lowest BCUT2D eigenvalue weighted by molar-refractivity contribution is -0.178. The number of benzene rings is 1. The number of ether oxygens (including phenoxy) is 1. The molecule has 0 saturated heterocycles. The van der Waals surface area contributed by atoms with Crippen molar-refractivity contribution in [2.24, 2.45) is 22.2 Å². The lowest BCUT2D eigenvalue weighted by atomic mass is 9.37. The molecule has 0 heterocycles. The monoisotopic (exact) mass is 712 g/mol. The third-order valence-corrected chi connectivity index (χ3v) is 11.0. The summed E-state index contributed by atoms with van der Waals surface area (Å²) in [7, 11) is 0. The van der Waals surface area contributed by atoms with E-state index in [2.05, 4.69) is 39.0 Å². The van der Waals surface area contributed by atoms with Gasteiger partial charge in [-0.05, 0) is 143 Å². The van der Waals surface area contributed by atoms with Crippen LogP contribution in [0.4, 0.5) is 0 Å². The van der Waals surface area contributed by atoms with Crippen LogP contribution in [0.15, 0.2) is 82.0 Å². The van der Waals surface area contributed by atoms with Gasteiger partial charge in [-0.25, -0.2) is 0 Å². The highest BCUT2D eigenvalue weighted by Crippen LogP contribution is 2.67. The van der Waals surface area contributed by atoms with Crippen molar-refractivity contribution in [3.63, 3.8) is 0 Å². The molecule has 0 aromatic heterocycles. The number of esters is 1. The summed E-state index contributed by atoms with van der Waals surface area (Å²) in [6.07, 6.45) is 14.4. The Kier molecular flexibility index (Phi) is 13.8. The molecule has 2 aliphatic rings. The molecule has 0 aliphatic heterocycles. The third-order valence-electron chi connectivity index (χ3n) is 11.0. The van der Waals surface area contributed by atoms with E-state index >= 15 is 14.4 Å². The Hall–Kier alpha value is -4.26. The van der Waals surface area contributed by atoms with E-state index in [1.807, 2.05) is 60.6 Å². The molecule has 0 amide bonds. The van der Waals surface area contributed by atoms with E-state index in [9.17, 15) is 15.0 Å². The standard InChI is InChI=1S/C45H60O7/c1-28(2)14-12-16-32(9)17-19-35-27-44(24-21-30(5)6)40(49)38(39(48)34-18-20-36(47)37(26-34)52-33(10)46)41(50)45(42(44)51,25-22-31(7)8)43(35,11)23-13-15-29(3)4/h14-15,17-18,20-22,26,35,47-48H,12-13,16,19,23-25,27H2,1-11H3/b32-17+,39-38+/t35-,43+,44+,45-/m1/s1. The van der Waals surface area contributed by atoms with Crippen molar-refractivity contribution in [1.29, 1.82) is 0 Å². The number of ketones is 3. The Balaban J connectivity index is 2.46. The number of phenolic OH excluding ortho intramolecular Hbond substituents is 1. The summed E-state index contributed by atoms with van der Waals surface area (Å²) in [5, 5.41) is 22.4. The van der Waals surface area contributed by atoms with Crippen LogP contribution in [0.1, 0.15) is 133 Å². The molecular formula is C45H60O7. The maximum Gasteiger partial charge on any atom is 0.308 e. The van der Waals surface area contributed by atoms with Crippen LogP contribution in [0.2, 0.25) is 0 Å². The Morgan fingerprint density at radius 2 is 1.38 bits per heavy atom. The number of aromatic hydroxyl groups is 1. The van der Waals surface area contributed by atoms with Crippen LogP contribution in [-0.4, -0.2) is 33.5 Å². The van der Waals surface area contributed by atoms with Crippen LogP contribution in [0, 0.1) is 22.2 Å². The second kappa shape index (κ2) is 17.0. The number of Topliss-reactive ketones (excluding diaryl/α,β-unsaturated/α-hetero) is 3. The predicted octanol–water partition coefficient (Wildman–Crippen LogP) is 10.8. The quantitative estimate of drug-likeness (QED) is 0.0375. The molecule has 2 aliphatic carbocycles. The number of allylic oxidation sites excluding steroid dienone is 11.